The molecule has 22 heavy (non-hydrogen) atoms. The van der Waals surface area contributed by atoms with E-state index in [-0.39, 0.29) is 12.0 Å². The summed E-state index contributed by atoms with van der Waals surface area (Å²) in [5.74, 6) is 1.04. The predicted octanol–water partition coefficient (Wildman–Crippen LogP) is 3.95. The van der Waals surface area contributed by atoms with Gasteiger partial charge in [0.2, 0.25) is 0 Å². The molecular weight excluding hydrogens is 293 g/mol. The average molecular weight is 306 g/mol. The molecule has 0 fully saturated rings. The lowest BCUT2D eigenvalue weighted by molar-refractivity contribution is -0.138. The number of hydrogen-bond donors (Lipinski definition) is 0. The van der Waals surface area contributed by atoms with Crippen molar-refractivity contribution in [1.29, 1.82) is 0 Å². The van der Waals surface area contributed by atoms with E-state index in [1.54, 1.807) is 22.7 Å². The molecule has 0 spiro atoms. The Bertz CT molecular complexity index is 809. The van der Waals surface area contributed by atoms with Gasteiger partial charge in [-0.25, -0.2) is 4.98 Å². The van der Waals surface area contributed by atoms with Gasteiger partial charge in [0, 0.05) is 6.42 Å². The van der Waals surface area contributed by atoms with Crippen LogP contribution < -0.4 is 4.74 Å². The highest BCUT2D eigenvalue weighted by molar-refractivity contribution is 5.49. The van der Waals surface area contributed by atoms with Crippen LogP contribution in [-0.4, -0.2) is 16.5 Å². The molecule has 0 unspecified atom stereocenters. The molecule has 6 heteroatoms. The van der Waals surface area contributed by atoms with Gasteiger partial charge in [-0.2, -0.15) is 13.2 Å². The molecule has 0 N–H and O–H groups in total. The van der Waals surface area contributed by atoms with Gasteiger partial charge in [-0.15, -0.1) is 0 Å². The van der Waals surface area contributed by atoms with Gasteiger partial charge in [0.15, 0.2) is 5.88 Å². The van der Waals surface area contributed by atoms with Crippen molar-refractivity contribution in [2.24, 2.45) is 0 Å². The third-order valence-corrected chi connectivity index (χ3v) is 3.47. The van der Waals surface area contributed by atoms with Crippen molar-refractivity contribution in [3.8, 4) is 5.88 Å². The van der Waals surface area contributed by atoms with Crippen LogP contribution in [0.1, 0.15) is 17.0 Å². The van der Waals surface area contributed by atoms with Gasteiger partial charge in [0.1, 0.15) is 5.82 Å². The molecule has 0 amide bonds. The number of alkyl halides is 3. The Morgan fingerprint density at radius 2 is 1.86 bits per heavy atom. The highest BCUT2D eigenvalue weighted by Gasteiger charge is 2.33. The molecule has 0 bridgehead atoms. The Morgan fingerprint density at radius 1 is 1.09 bits per heavy atom. The van der Waals surface area contributed by atoms with E-state index in [9.17, 15) is 13.2 Å². The van der Waals surface area contributed by atoms with Gasteiger partial charge in [-0.1, -0.05) is 24.3 Å². The van der Waals surface area contributed by atoms with Crippen LogP contribution in [-0.2, 0) is 12.6 Å². The molecule has 0 saturated heterocycles. The zero-order chi connectivity index (χ0) is 15.7. The number of rotatable bonds is 3. The van der Waals surface area contributed by atoms with E-state index in [1.165, 1.54) is 19.2 Å². The van der Waals surface area contributed by atoms with E-state index < -0.39 is 11.7 Å². The highest BCUT2D eigenvalue weighted by atomic mass is 19.4. The topological polar surface area (TPSA) is 26.5 Å². The summed E-state index contributed by atoms with van der Waals surface area (Å²) in [5.41, 5.74) is 0.328. The number of hydrogen-bond acceptors (Lipinski definition) is 2. The number of benzene rings is 1. The minimum Gasteiger partial charge on any atom is -0.482 e. The molecule has 3 rings (SSSR count). The first kappa shape index (κ1) is 14.4. The first-order chi connectivity index (χ1) is 10.5. The summed E-state index contributed by atoms with van der Waals surface area (Å²) >= 11 is 0. The van der Waals surface area contributed by atoms with Crippen LogP contribution >= 0.6 is 0 Å². The van der Waals surface area contributed by atoms with Crippen molar-refractivity contribution in [3.63, 3.8) is 0 Å². The molecule has 0 saturated carbocycles. The summed E-state index contributed by atoms with van der Waals surface area (Å²) in [5, 5.41) is 0. The fourth-order valence-electron chi connectivity index (χ4n) is 2.49. The monoisotopic (exact) mass is 306 g/mol. The molecule has 2 aromatic heterocycles. The normalized spacial score (nSPS) is 11.8. The summed E-state index contributed by atoms with van der Waals surface area (Å²) in [6.45, 7) is 0. The van der Waals surface area contributed by atoms with E-state index in [0.717, 1.165) is 11.6 Å². The number of pyridine rings is 1. The van der Waals surface area contributed by atoms with Gasteiger partial charge in [-0.05, 0) is 23.8 Å². The van der Waals surface area contributed by atoms with Crippen LogP contribution in [0.4, 0.5) is 13.2 Å². The first-order valence-corrected chi connectivity index (χ1v) is 6.65. The summed E-state index contributed by atoms with van der Waals surface area (Å²) in [4.78, 5) is 4.24. The molecule has 1 aromatic carbocycles. The Balaban J connectivity index is 2.09. The van der Waals surface area contributed by atoms with E-state index in [4.69, 9.17) is 4.74 Å². The van der Waals surface area contributed by atoms with Crippen molar-refractivity contribution in [2.75, 3.05) is 7.11 Å². The van der Waals surface area contributed by atoms with Gasteiger partial charge in [0.25, 0.3) is 0 Å². The van der Waals surface area contributed by atoms with Crippen molar-refractivity contribution in [2.45, 2.75) is 12.6 Å². The lowest BCUT2D eigenvalue weighted by Gasteiger charge is -2.13. The van der Waals surface area contributed by atoms with E-state index in [2.05, 4.69) is 4.98 Å². The summed E-state index contributed by atoms with van der Waals surface area (Å²) in [6.07, 6.45) is -2.69. The Hall–Kier alpha value is -2.50. The number of aromatic nitrogens is 2. The minimum atomic E-state index is -4.38. The maximum Gasteiger partial charge on any atom is 0.416 e. The van der Waals surface area contributed by atoms with Gasteiger partial charge in [0.05, 0.1) is 24.4 Å². The van der Waals surface area contributed by atoms with Crippen molar-refractivity contribution in [1.82, 2.24) is 9.38 Å². The Morgan fingerprint density at radius 3 is 2.59 bits per heavy atom. The van der Waals surface area contributed by atoms with Crippen LogP contribution in [0.3, 0.4) is 0 Å². The van der Waals surface area contributed by atoms with E-state index in [0.29, 0.717) is 11.7 Å². The number of methoxy groups -OCH3 is 1. The molecule has 0 atom stereocenters. The van der Waals surface area contributed by atoms with Crippen LogP contribution in [0.25, 0.3) is 5.52 Å². The maximum atomic E-state index is 13.1. The molecule has 3 aromatic rings. The standard InChI is InChI=1S/C16H13F3N2O/c1-22-15-8-4-6-12-10-20-14(21(12)15)9-11-5-2-3-7-13(11)16(17,18)19/h2-8,10H,9H2,1H3. The predicted molar refractivity (Wildman–Crippen MR) is 76.0 cm³/mol. The molecule has 0 aliphatic rings. The summed E-state index contributed by atoms with van der Waals surface area (Å²) in [6, 6.07) is 10.9. The van der Waals surface area contributed by atoms with E-state index >= 15 is 0 Å². The number of ether oxygens (including phenoxy) is 1. The van der Waals surface area contributed by atoms with E-state index in [1.807, 2.05) is 12.1 Å². The number of fused-ring (bicyclic) bond motifs is 1. The Kier molecular flexibility index (Phi) is 3.52. The molecule has 0 aliphatic carbocycles. The molecule has 0 radical (unpaired) electrons. The lowest BCUT2D eigenvalue weighted by Crippen LogP contribution is -2.10. The van der Waals surface area contributed by atoms with Crippen molar-refractivity contribution in [3.05, 3.63) is 65.6 Å². The molecule has 2 heterocycles. The number of halogens is 3. The maximum absolute atomic E-state index is 13.1. The zero-order valence-corrected chi connectivity index (χ0v) is 11.8. The lowest BCUT2D eigenvalue weighted by atomic mass is 10.0. The first-order valence-electron chi connectivity index (χ1n) is 6.65. The second-order valence-corrected chi connectivity index (χ2v) is 4.83. The largest absolute Gasteiger partial charge is 0.482 e. The quantitative estimate of drug-likeness (QED) is 0.732. The van der Waals surface area contributed by atoms with Crippen LogP contribution in [0.2, 0.25) is 0 Å². The minimum absolute atomic E-state index is 0.0736. The second-order valence-electron chi connectivity index (χ2n) is 4.83. The second kappa shape index (κ2) is 5.36. The summed E-state index contributed by atoms with van der Waals surface area (Å²) < 4.78 is 46.2. The van der Waals surface area contributed by atoms with Crippen LogP contribution in [0.5, 0.6) is 5.88 Å². The fraction of sp³-hybridized carbons (Fsp3) is 0.188. The highest BCUT2D eigenvalue weighted by Crippen LogP contribution is 2.33. The Labute approximate surface area is 125 Å². The average Bonchev–Trinajstić information content (AvgIpc) is 2.90. The molecular formula is C16H13F3N2O. The van der Waals surface area contributed by atoms with Crippen LogP contribution in [0, 0.1) is 0 Å². The zero-order valence-electron chi connectivity index (χ0n) is 11.8. The SMILES string of the molecule is COc1cccc2cnc(Cc3ccccc3C(F)(F)F)n12. The smallest absolute Gasteiger partial charge is 0.416 e. The third-order valence-electron chi connectivity index (χ3n) is 3.47. The van der Waals surface area contributed by atoms with Gasteiger partial charge >= 0.3 is 6.18 Å². The number of imidazole rings is 1. The van der Waals surface area contributed by atoms with Gasteiger partial charge < -0.3 is 4.74 Å². The summed E-state index contributed by atoms with van der Waals surface area (Å²) in [7, 11) is 1.52. The molecule has 3 nitrogen and oxygen atoms in total. The molecule has 0 aliphatic heterocycles. The molecule has 114 valence electrons. The number of nitrogens with zero attached hydrogens (tertiary/aromatic N) is 2. The van der Waals surface area contributed by atoms with Gasteiger partial charge in [-0.3, -0.25) is 4.40 Å². The fourth-order valence-corrected chi connectivity index (χ4v) is 2.49. The third kappa shape index (κ3) is 2.52. The van der Waals surface area contributed by atoms with Crippen LogP contribution in [0.15, 0.2) is 48.7 Å². The van der Waals surface area contributed by atoms with Crippen molar-refractivity contribution >= 4 is 5.52 Å². The van der Waals surface area contributed by atoms with Crippen molar-refractivity contribution < 1.29 is 17.9 Å².